The minimum atomic E-state index is -0.371. The van der Waals surface area contributed by atoms with Crippen molar-refractivity contribution in [1.29, 1.82) is 0 Å². The molecule has 0 spiro atoms. The number of methoxy groups -OCH3 is 1. The molecule has 1 amide bonds. The number of carbonyl (C=O) groups is 1. The molecule has 0 aliphatic carbocycles. The van der Waals surface area contributed by atoms with Gasteiger partial charge in [-0.3, -0.25) is 14.9 Å². The van der Waals surface area contributed by atoms with Gasteiger partial charge in [-0.05, 0) is 55.2 Å². The van der Waals surface area contributed by atoms with E-state index in [1.807, 2.05) is 30.3 Å². The molecule has 1 saturated heterocycles. The number of piperazine rings is 1. The van der Waals surface area contributed by atoms with E-state index < -0.39 is 0 Å². The third-order valence-electron chi connectivity index (χ3n) is 7.53. The van der Waals surface area contributed by atoms with Gasteiger partial charge in [0.2, 0.25) is 5.91 Å². The largest absolute Gasteiger partial charge is 0.496 e. The van der Waals surface area contributed by atoms with Gasteiger partial charge in [-0.15, -0.1) is 0 Å². The predicted molar refractivity (Wildman–Crippen MR) is 145 cm³/mol. The van der Waals surface area contributed by atoms with Crippen molar-refractivity contribution in [1.82, 2.24) is 5.32 Å². The molecule has 1 fully saturated rings. The smallest absolute Gasteiger partial charge is 0.269 e. The second kappa shape index (κ2) is 10.5. The molecule has 0 unspecified atom stereocenters. The van der Waals surface area contributed by atoms with E-state index in [0.717, 1.165) is 41.3 Å². The van der Waals surface area contributed by atoms with E-state index in [0.29, 0.717) is 25.9 Å². The van der Waals surface area contributed by atoms with Gasteiger partial charge in [0.05, 0.1) is 24.0 Å². The van der Waals surface area contributed by atoms with Gasteiger partial charge in [-0.2, -0.15) is 0 Å². The maximum absolute atomic E-state index is 13.6. The number of aryl methyl sites for hydroxylation is 1. The summed E-state index contributed by atoms with van der Waals surface area (Å²) in [5.41, 5.74) is 5.32. The average Bonchev–Trinajstić information content (AvgIpc) is 2.92. The van der Waals surface area contributed by atoms with Crippen molar-refractivity contribution in [2.75, 3.05) is 43.1 Å². The summed E-state index contributed by atoms with van der Waals surface area (Å²) in [6.45, 7) is 4.84. The number of anilines is 2. The molecule has 2 heterocycles. The van der Waals surface area contributed by atoms with E-state index in [4.69, 9.17) is 4.74 Å². The molecule has 1 N–H and O–H groups in total. The van der Waals surface area contributed by atoms with Crippen molar-refractivity contribution < 1.29 is 14.5 Å². The Balaban J connectivity index is 1.38. The fraction of sp³-hybridized carbons (Fsp3) is 0.345. The number of hydrogen-bond donors (Lipinski definition) is 1. The topological polar surface area (TPSA) is 87.9 Å². The number of nitro benzene ring substituents is 1. The lowest BCUT2D eigenvalue weighted by Crippen LogP contribution is -2.61. The van der Waals surface area contributed by atoms with E-state index in [1.54, 1.807) is 19.2 Å². The molecule has 3 aromatic rings. The lowest BCUT2D eigenvalue weighted by Gasteiger charge is -2.49. The highest BCUT2D eigenvalue weighted by molar-refractivity contribution is 5.82. The van der Waals surface area contributed by atoms with Crippen molar-refractivity contribution in [2.45, 2.75) is 25.8 Å². The van der Waals surface area contributed by atoms with Crippen LogP contribution >= 0.6 is 0 Å². The minimum absolute atomic E-state index is 0.0205. The lowest BCUT2D eigenvalue weighted by molar-refractivity contribution is -0.384. The van der Waals surface area contributed by atoms with Gasteiger partial charge in [0.1, 0.15) is 5.75 Å². The number of carbonyl (C=O) groups excluding carboxylic acids is 1. The molecule has 192 valence electrons. The lowest BCUT2D eigenvalue weighted by atomic mass is 9.83. The Bertz CT molecular complexity index is 1290. The molecule has 2 aliphatic rings. The van der Waals surface area contributed by atoms with Crippen molar-refractivity contribution >= 4 is 23.0 Å². The van der Waals surface area contributed by atoms with Crippen molar-refractivity contribution in [3.8, 4) is 5.75 Å². The molecular formula is C29H32N4O4. The SMILES string of the molecule is COc1ccccc1CCNC(=O)[C@H]1Cc2cc([N+](=O)[O-])ccc2N2CCN(c3ccc(C)cc3)C[C@H]12. The summed E-state index contributed by atoms with van der Waals surface area (Å²) in [4.78, 5) is 29.3. The highest BCUT2D eigenvalue weighted by Gasteiger charge is 2.42. The van der Waals surface area contributed by atoms with Crippen LogP contribution in [0.4, 0.5) is 17.1 Å². The highest BCUT2D eigenvalue weighted by Crippen LogP contribution is 2.38. The number of amides is 1. The second-order valence-corrected chi connectivity index (χ2v) is 9.78. The van der Waals surface area contributed by atoms with Gasteiger partial charge in [0, 0.05) is 49.7 Å². The predicted octanol–water partition coefficient (Wildman–Crippen LogP) is 4.14. The molecule has 2 aliphatic heterocycles. The van der Waals surface area contributed by atoms with Crippen molar-refractivity contribution in [3.05, 3.63) is 93.5 Å². The van der Waals surface area contributed by atoms with Crippen LogP contribution in [-0.2, 0) is 17.6 Å². The van der Waals surface area contributed by atoms with Gasteiger partial charge < -0.3 is 19.9 Å². The molecule has 0 bridgehead atoms. The summed E-state index contributed by atoms with van der Waals surface area (Å²) in [5.74, 6) is 0.469. The van der Waals surface area contributed by atoms with Crippen LogP contribution in [0.2, 0.25) is 0 Å². The Morgan fingerprint density at radius 2 is 1.89 bits per heavy atom. The number of non-ortho nitro benzene ring substituents is 1. The Morgan fingerprint density at radius 3 is 2.65 bits per heavy atom. The maximum Gasteiger partial charge on any atom is 0.269 e. The van der Waals surface area contributed by atoms with Gasteiger partial charge >= 0.3 is 0 Å². The molecule has 8 heteroatoms. The molecule has 2 atom stereocenters. The zero-order chi connectivity index (χ0) is 25.9. The zero-order valence-corrected chi connectivity index (χ0v) is 21.2. The van der Waals surface area contributed by atoms with Crippen LogP contribution in [0.1, 0.15) is 16.7 Å². The molecule has 8 nitrogen and oxygen atoms in total. The number of para-hydroxylation sites is 1. The third-order valence-corrected chi connectivity index (χ3v) is 7.53. The number of hydrogen-bond acceptors (Lipinski definition) is 6. The Kier molecular flexibility index (Phi) is 6.99. The molecule has 0 radical (unpaired) electrons. The number of benzene rings is 3. The van der Waals surface area contributed by atoms with Gasteiger partial charge in [-0.1, -0.05) is 35.9 Å². The Morgan fingerprint density at radius 1 is 1.11 bits per heavy atom. The van der Waals surface area contributed by atoms with Gasteiger partial charge in [0.25, 0.3) is 5.69 Å². The average molecular weight is 501 g/mol. The number of fused-ring (bicyclic) bond motifs is 3. The van der Waals surface area contributed by atoms with Crippen LogP contribution in [0, 0.1) is 23.0 Å². The molecule has 0 saturated carbocycles. The van der Waals surface area contributed by atoms with Gasteiger partial charge in [0.15, 0.2) is 0 Å². The first-order chi connectivity index (χ1) is 17.9. The first kappa shape index (κ1) is 24.6. The van der Waals surface area contributed by atoms with Crippen LogP contribution in [0.3, 0.4) is 0 Å². The summed E-state index contributed by atoms with van der Waals surface area (Å²) in [5, 5.41) is 14.6. The fourth-order valence-electron chi connectivity index (χ4n) is 5.57. The minimum Gasteiger partial charge on any atom is -0.496 e. The highest BCUT2D eigenvalue weighted by atomic mass is 16.6. The number of rotatable bonds is 7. The van der Waals surface area contributed by atoms with Gasteiger partial charge in [-0.25, -0.2) is 0 Å². The molecule has 3 aromatic carbocycles. The quantitative estimate of drug-likeness (QED) is 0.388. The van der Waals surface area contributed by atoms with Crippen LogP contribution in [0.15, 0.2) is 66.7 Å². The van der Waals surface area contributed by atoms with Crippen molar-refractivity contribution in [3.63, 3.8) is 0 Å². The van der Waals surface area contributed by atoms with E-state index in [1.165, 1.54) is 5.56 Å². The molecule has 37 heavy (non-hydrogen) atoms. The number of nitro groups is 1. The molecular weight excluding hydrogens is 468 g/mol. The Labute approximate surface area is 217 Å². The summed E-state index contributed by atoms with van der Waals surface area (Å²) in [7, 11) is 1.65. The van der Waals surface area contributed by atoms with Crippen LogP contribution in [0.25, 0.3) is 0 Å². The molecule has 0 aromatic heterocycles. The normalized spacial score (nSPS) is 18.5. The first-order valence-electron chi connectivity index (χ1n) is 12.7. The summed E-state index contributed by atoms with van der Waals surface area (Å²) in [6.07, 6.45) is 1.13. The summed E-state index contributed by atoms with van der Waals surface area (Å²) < 4.78 is 5.44. The molecule has 5 rings (SSSR count). The van der Waals surface area contributed by atoms with Crippen LogP contribution in [-0.4, -0.2) is 50.2 Å². The third kappa shape index (κ3) is 5.09. The number of nitrogens with one attached hydrogen (secondary N) is 1. The van der Waals surface area contributed by atoms with Crippen molar-refractivity contribution in [2.24, 2.45) is 5.92 Å². The second-order valence-electron chi connectivity index (χ2n) is 9.78. The fourth-order valence-corrected chi connectivity index (χ4v) is 5.57. The summed E-state index contributed by atoms with van der Waals surface area (Å²) >= 11 is 0. The van der Waals surface area contributed by atoms with E-state index in [-0.39, 0.29) is 28.5 Å². The summed E-state index contributed by atoms with van der Waals surface area (Å²) in [6, 6.07) is 21.3. The first-order valence-corrected chi connectivity index (χ1v) is 12.7. The maximum atomic E-state index is 13.6. The Hall–Kier alpha value is -4.07. The number of ether oxygens (including phenoxy) is 1. The van der Waals surface area contributed by atoms with E-state index in [9.17, 15) is 14.9 Å². The van der Waals surface area contributed by atoms with Crippen LogP contribution < -0.4 is 19.9 Å². The zero-order valence-electron chi connectivity index (χ0n) is 21.2. The standard InChI is InChI=1S/C29H32N4O4/c1-20-7-9-23(10-8-20)31-15-16-32-26-12-11-24(33(35)36)17-22(26)18-25(27(32)19-31)29(34)30-14-13-21-5-3-4-6-28(21)37-2/h3-12,17,25,27H,13-16,18-19H2,1-2H3,(H,30,34)/t25-,27+/m0/s1. The van der Waals surface area contributed by atoms with E-state index in [2.05, 4.69) is 46.3 Å². The van der Waals surface area contributed by atoms with E-state index >= 15 is 0 Å². The monoisotopic (exact) mass is 500 g/mol. The van der Waals surface area contributed by atoms with Crippen LogP contribution in [0.5, 0.6) is 5.75 Å². The number of nitrogens with zero attached hydrogens (tertiary/aromatic N) is 3.